The first kappa shape index (κ1) is 16.8. The molecule has 0 radical (unpaired) electrons. The molecule has 24 heavy (non-hydrogen) atoms. The van der Waals surface area contributed by atoms with Gasteiger partial charge in [-0.3, -0.25) is 9.59 Å². The van der Waals surface area contributed by atoms with Gasteiger partial charge in [-0.1, -0.05) is 0 Å². The van der Waals surface area contributed by atoms with Gasteiger partial charge in [0.25, 0.3) is 5.91 Å². The molecule has 0 spiro atoms. The van der Waals surface area contributed by atoms with E-state index in [4.69, 9.17) is 0 Å². The van der Waals surface area contributed by atoms with Gasteiger partial charge in [0.1, 0.15) is 0 Å². The van der Waals surface area contributed by atoms with Crippen LogP contribution in [0.15, 0.2) is 18.2 Å². The molecule has 8 heteroatoms. The van der Waals surface area contributed by atoms with Crippen LogP contribution in [0, 0.1) is 0 Å². The Morgan fingerprint density at radius 2 is 1.96 bits per heavy atom. The molecule has 1 aromatic rings. The summed E-state index contributed by atoms with van der Waals surface area (Å²) >= 11 is 0. The molecule has 0 bridgehead atoms. The molecular weight excluding hydrogens is 325 g/mol. The van der Waals surface area contributed by atoms with Crippen molar-refractivity contribution in [3.05, 3.63) is 29.3 Å². The van der Waals surface area contributed by atoms with Gasteiger partial charge in [0.05, 0.1) is 6.54 Å². The zero-order valence-corrected chi connectivity index (χ0v) is 13.1. The monoisotopic (exact) mass is 342 g/mol. The van der Waals surface area contributed by atoms with Gasteiger partial charge in [0.2, 0.25) is 5.91 Å². The number of carbonyl (C=O) groups excluding carboxylic acids is 2. The Bertz CT molecular complexity index is 704. The first-order chi connectivity index (χ1) is 11.1. The summed E-state index contributed by atoms with van der Waals surface area (Å²) in [7, 11) is 0. The van der Waals surface area contributed by atoms with Gasteiger partial charge in [-0.25, -0.2) is 0 Å². The fourth-order valence-corrected chi connectivity index (χ4v) is 3.24. The van der Waals surface area contributed by atoms with Crippen LogP contribution < -0.4 is 4.90 Å². The van der Waals surface area contributed by atoms with Crippen molar-refractivity contribution in [2.24, 2.45) is 0 Å². The molecule has 1 N–H and O–H groups in total. The summed E-state index contributed by atoms with van der Waals surface area (Å²) in [5.41, 5.74) is -1.02. The lowest BCUT2D eigenvalue weighted by Gasteiger charge is -2.26. The van der Waals surface area contributed by atoms with E-state index in [0.29, 0.717) is 13.0 Å². The number of carbonyl (C=O) groups is 2. The van der Waals surface area contributed by atoms with Crippen LogP contribution in [0.1, 0.15) is 29.3 Å². The Balaban J connectivity index is 1.79. The normalized spacial score (nSPS) is 23.5. The number of β-amino-alcohol motifs (C(OH)–C–C–N with tert-alkyl or cyclic N) is 1. The number of alkyl halides is 3. The summed E-state index contributed by atoms with van der Waals surface area (Å²) < 4.78 is 38.6. The number of anilines is 1. The molecule has 1 aromatic carbocycles. The van der Waals surface area contributed by atoms with Crippen molar-refractivity contribution in [1.29, 1.82) is 0 Å². The highest BCUT2D eigenvalue weighted by atomic mass is 19.4. The average Bonchev–Trinajstić information content (AvgIpc) is 3.09. The van der Waals surface area contributed by atoms with E-state index < -0.39 is 30.7 Å². The fourth-order valence-electron chi connectivity index (χ4n) is 3.24. The van der Waals surface area contributed by atoms with E-state index in [9.17, 15) is 27.9 Å². The number of hydrogen-bond acceptors (Lipinski definition) is 3. The number of amides is 2. The molecule has 1 saturated heterocycles. The summed E-state index contributed by atoms with van der Waals surface area (Å²) in [6.45, 7) is 1.08. The number of rotatable bonds is 1. The molecule has 0 aromatic heterocycles. The number of fused-ring (bicyclic) bond motifs is 1. The average molecular weight is 342 g/mol. The van der Waals surface area contributed by atoms with Crippen LogP contribution in [0.5, 0.6) is 0 Å². The minimum Gasteiger partial charge on any atom is -0.379 e. The van der Waals surface area contributed by atoms with Gasteiger partial charge in [0.15, 0.2) is 5.60 Å². The third kappa shape index (κ3) is 2.64. The van der Waals surface area contributed by atoms with Crippen LogP contribution in [0.2, 0.25) is 0 Å². The number of benzene rings is 1. The van der Waals surface area contributed by atoms with Crippen LogP contribution in [0.3, 0.4) is 0 Å². The molecule has 0 aliphatic carbocycles. The molecule has 1 atom stereocenters. The second-order valence-corrected chi connectivity index (χ2v) is 6.27. The first-order valence-electron chi connectivity index (χ1n) is 7.62. The van der Waals surface area contributed by atoms with Crippen molar-refractivity contribution in [2.75, 3.05) is 24.5 Å². The summed E-state index contributed by atoms with van der Waals surface area (Å²) in [5, 5.41) is 9.68. The van der Waals surface area contributed by atoms with E-state index in [1.807, 2.05) is 0 Å². The minimum atomic E-state index is -4.76. The molecule has 0 saturated carbocycles. The molecule has 2 heterocycles. The van der Waals surface area contributed by atoms with E-state index in [-0.39, 0.29) is 18.0 Å². The number of likely N-dealkylation sites (tertiary alicyclic amines) is 1. The van der Waals surface area contributed by atoms with Crippen molar-refractivity contribution in [1.82, 2.24) is 4.90 Å². The molecule has 2 aliphatic rings. The Morgan fingerprint density at radius 3 is 2.54 bits per heavy atom. The largest absolute Gasteiger partial charge is 0.419 e. The van der Waals surface area contributed by atoms with Gasteiger partial charge < -0.3 is 14.9 Å². The van der Waals surface area contributed by atoms with Crippen molar-refractivity contribution in [2.45, 2.75) is 31.5 Å². The van der Waals surface area contributed by atoms with E-state index in [0.717, 1.165) is 16.2 Å². The number of hydrogen-bond donors (Lipinski definition) is 1. The molecule has 2 amide bonds. The van der Waals surface area contributed by atoms with E-state index in [1.54, 1.807) is 17.0 Å². The van der Waals surface area contributed by atoms with Crippen molar-refractivity contribution in [3.8, 4) is 0 Å². The summed E-state index contributed by atoms with van der Waals surface area (Å²) in [4.78, 5) is 26.6. The molecule has 5 nitrogen and oxygen atoms in total. The van der Waals surface area contributed by atoms with E-state index >= 15 is 0 Å². The smallest absolute Gasteiger partial charge is 0.379 e. The summed E-state index contributed by atoms with van der Waals surface area (Å²) in [5.74, 6) is -0.637. The lowest BCUT2D eigenvalue weighted by Crippen LogP contribution is -2.48. The number of aliphatic hydroxyl groups is 1. The second kappa shape index (κ2) is 5.47. The predicted molar refractivity (Wildman–Crippen MR) is 79.7 cm³/mol. The van der Waals surface area contributed by atoms with Gasteiger partial charge in [0, 0.05) is 37.7 Å². The first-order valence-corrected chi connectivity index (χ1v) is 7.62. The highest BCUT2D eigenvalue weighted by molar-refractivity contribution is 5.98. The summed E-state index contributed by atoms with van der Waals surface area (Å²) in [6, 6.07) is 4.77. The van der Waals surface area contributed by atoms with Crippen LogP contribution in [0.25, 0.3) is 0 Å². The Kier molecular flexibility index (Phi) is 3.82. The summed E-state index contributed by atoms with van der Waals surface area (Å²) in [6.07, 6.45) is -4.68. The van der Waals surface area contributed by atoms with Crippen LogP contribution in [-0.2, 0) is 11.2 Å². The molecule has 1 fully saturated rings. The van der Waals surface area contributed by atoms with Crippen molar-refractivity contribution >= 4 is 17.5 Å². The van der Waals surface area contributed by atoms with E-state index in [2.05, 4.69) is 0 Å². The predicted octanol–water partition coefficient (Wildman–Crippen LogP) is 1.73. The molecule has 0 unspecified atom stereocenters. The third-order valence-corrected chi connectivity index (χ3v) is 4.66. The maximum Gasteiger partial charge on any atom is 0.419 e. The lowest BCUT2D eigenvalue weighted by molar-refractivity contribution is -0.253. The van der Waals surface area contributed by atoms with E-state index in [1.165, 1.54) is 13.0 Å². The SMILES string of the molecule is CC(=O)N1CCc2cc(C(=O)N3CC[C@@](O)(C(F)(F)F)C3)ccc21. The number of nitrogens with zero attached hydrogens (tertiary/aromatic N) is 2. The zero-order valence-electron chi connectivity index (χ0n) is 13.1. The molecule has 3 rings (SSSR count). The standard InChI is InChI=1S/C16H17F3N2O3/c1-10(22)21-6-4-11-8-12(2-3-13(11)21)14(23)20-7-5-15(24,9-20)16(17,18)19/h2-3,8,24H,4-7,9H2,1H3/t15-/m0/s1. The van der Waals surface area contributed by atoms with Crippen LogP contribution >= 0.6 is 0 Å². The third-order valence-electron chi connectivity index (χ3n) is 4.66. The lowest BCUT2D eigenvalue weighted by atomic mass is 10.0. The Morgan fingerprint density at radius 1 is 1.25 bits per heavy atom. The van der Waals surface area contributed by atoms with Gasteiger partial charge >= 0.3 is 6.18 Å². The maximum absolute atomic E-state index is 12.9. The van der Waals surface area contributed by atoms with Gasteiger partial charge in [-0.05, 0) is 30.2 Å². The molecule has 2 aliphatic heterocycles. The molecular formula is C16H17F3N2O3. The molecule has 130 valence electrons. The van der Waals surface area contributed by atoms with Crippen molar-refractivity contribution < 1.29 is 27.9 Å². The van der Waals surface area contributed by atoms with Gasteiger partial charge in [-0.2, -0.15) is 13.2 Å². The Hall–Kier alpha value is -2.09. The number of halogens is 3. The highest BCUT2D eigenvalue weighted by Gasteiger charge is 2.57. The van der Waals surface area contributed by atoms with Crippen molar-refractivity contribution in [3.63, 3.8) is 0 Å². The fraction of sp³-hybridized carbons (Fsp3) is 0.500. The zero-order chi connectivity index (χ0) is 17.7. The highest BCUT2D eigenvalue weighted by Crippen LogP contribution is 2.38. The van der Waals surface area contributed by atoms with Crippen LogP contribution in [-0.4, -0.2) is 53.2 Å². The van der Waals surface area contributed by atoms with Gasteiger partial charge in [-0.15, -0.1) is 0 Å². The maximum atomic E-state index is 12.9. The quantitative estimate of drug-likeness (QED) is 0.846. The Labute approximate surface area is 136 Å². The second-order valence-electron chi connectivity index (χ2n) is 6.27. The topological polar surface area (TPSA) is 60.9 Å². The minimum absolute atomic E-state index is 0.0948. The van der Waals surface area contributed by atoms with Crippen LogP contribution in [0.4, 0.5) is 18.9 Å².